The van der Waals surface area contributed by atoms with Crippen LogP contribution < -0.4 is 11.3 Å². The first kappa shape index (κ1) is 11.8. The minimum atomic E-state index is -0.00991. The monoisotopic (exact) mass is 227 g/mol. The van der Waals surface area contributed by atoms with Crippen LogP contribution in [0.1, 0.15) is 28.4 Å². The molecule has 0 aliphatic rings. The van der Waals surface area contributed by atoms with Crippen LogP contribution in [-0.2, 0) is 0 Å². The van der Waals surface area contributed by atoms with Gasteiger partial charge in [-0.25, -0.2) is 5.43 Å². The lowest BCUT2D eigenvalue weighted by molar-refractivity contribution is 0.631. The largest absolute Gasteiger partial charge is 0.271 e. The number of aromatic nitrogens is 1. The number of benzene rings is 1. The first-order valence-corrected chi connectivity index (χ1v) is 5.66. The normalized spacial score (nSPS) is 12.4. The van der Waals surface area contributed by atoms with E-state index in [1.165, 1.54) is 11.1 Å². The van der Waals surface area contributed by atoms with Crippen LogP contribution in [0.5, 0.6) is 0 Å². The molecule has 3 heteroatoms. The van der Waals surface area contributed by atoms with Gasteiger partial charge in [0.15, 0.2) is 0 Å². The molecule has 0 aliphatic carbocycles. The number of pyridine rings is 1. The van der Waals surface area contributed by atoms with Crippen LogP contribution in [0.4, 0.5) is 0 Å². The standard InChI is InChI=1S/C14H17N3/c1-10-5-3-4-6-13(10)14(17-15)12-8-7-11(2)16-9-12/h3-9,14,17H,15H2,1-2H3. The van der Waals surface area contributed by atoms with E-state index < -0.39 is 0 Å². The van der Waals surface area contributed by atoms with Crippen molar-refractivity contribution in [3.05, 3.63) is 65.0 Å². The molecular formula is C14H17N3. The number of hydrogen-bond donors (Lipinski definition) is 2. The first-order chi connectivity index (χ1) is 8.22. The molecule has 1 heterocycles. The molecule has 2 aromatic rings. The number of nitrogens with zero attached hydrogens (tertiary/aromatic N) is 1. The van der Waals surface area contributed by atoms with Gasteiger partial charge < -0.3 is 0 Å². The summed E-state index contributed by atoms with van der Waals surface area (Å²) < 4.78 is 0. The van der Waals surface area contributed by atoms with Gasteiger partial charge in [-0.15, -0.1) is 0 Å². The van der Waals surface area contributed by atoms with Crippen LogP contribution >= 0.6 is 0 Å². The minimum absolute atomic E-state index is 0.00991. The van der Waals surface area contributed by atoms with Crippen LogP contribution in [0.2, 0.25) is 0 Å². The van der Waals surface area contributed by atoms with Crippen molar-refractivity contribution in [2.24, 2.45) is 5.84 Å². The van der Waals surface area contributed by atoms with Crippen LogP contribution in [0, 0.1) is 13.8 Å². The fraction of sp³-hybridized carbons (Fsp3) is 0.214. The Morgan fingerprint density at radius 3 is 2.47 bits per heavy atom. The highest BCUT2D eigenvalue weighted by Gasteiger charge is 2.14. The Hall–Kier alpha value is -1.71. The molecule has 0 saturated carbocycles. The van der Waals surface area contributed by atoms with E-state index >= 15 is 0 Å². The molecule has 0 radical (unpaired) electrons. The van der Waals surface area contributed by atoms with E-state index in [2.05, 4.69) is 35.5 Å². The van der Waals surface area contributed by atoms with Gasteiger partial charge in [-0.3, -0.25) is 10.8 Å². The zero-order valence-corrected chi connectivity index (χ0v) is 10.1. The third kappa shape index (κ3) is 2.52. The molecule has 0 amide bonds. The molecule has 0 saturated heterocycles. The molecule has 3 N–H and O–H groups in total. The van der Waals surface area contributed by atoms with E-state index in [1.807, 2.05) is 31.3 Å². The van der Waals surface area contributed by atoms with Crippen LogP contribution in [0.25, 0.3) is 0 Å². The maximum absolute atomic E-state index is 5.67. The third-order valence-electron chi connectivity index (χ3n) is 2.93. The Bertz CT molecular complexity index is 491. The number of nitrogens with two attached hydrogens (primary N) is 1. The second-order valence-corrected chi connectivity index (χ2v) is 4.19. The Kier molecular flexibility index (Phi) is 3.52. The van der Waals surface area contributed by atoms with Crippen molar-refractivity contribution in [2.45, 2.75) is 19.9 Å². The Labute approximate surface area is 102 Å². The van der Waals surface area contributed by atoms with Crippen molar-refractivity contribution in [3.63, 3.8) is 0 Å². The highest BCUT2D eigenvalue weighted by Crippen LogP contribution is 2.23. The van der Waals surface area contributed by atoms with Gasteiger partial charge >= 0.3 is 0 Å². The smallest absolute Gasteiger partial charge is 0.0727 e. The Morgan fingerprint density at radius 2 is 1.88 bits per heavy atom. The summed E-state index contributed by atoms with van der Waals surface area (Å²) in [7, 11) is 0. The van der Waals surface area contributed by atoms with Crippen molar-refractivity contribution in [1.29, 1.82) is 0 Å². The molecule has 17 heavy (non-hydrogen) atoms. The topological polar surface area (TPSA) is 50.9 Å². The molecule has 1 aromatic carbocycles. The lowest BCUT2D eigenvalue weighted by atomic mass is 9.96. The molecular weight excluding hydrogens is 210 g/mol. The molecule has 1 unspecified atom stereocenters. The lowest BCUT2D eigenvalue weighted by Gasteiger charge is -2.18. The highest BCUT2D eigenvalue weighted by molar-refractivity contribution is 5.35. The van der Waals surface area contributed by atoms with Crippen LogP contribution in [0.15, 0.2) is 42.6 Å². The molecule has 0 bridgehead atoms. The van der Waals surface area contributed by atoms with E-state index in [-0.39, 0.29) is 6.04 Å². The zero-order chi connectivity index (χ0) is 12.3. The predicted octanol–water partition coefficient (Wildman–Crippen LogP) is 2.25. The summed E-state index contributed by atoms with van der Waals surface area (Å²) >= 11 is 0. The van der Waals surface area contributed by atoms with E-state index in [0.29, 0.717) is 0 Å². The van der Waals surface area contributed by atoms with Gasteiger partial charge in [-0.05, 0) is 36.6 Å². The lowest BCUT2D eigenvalue weighted by Crippen LogP contribution is -2.29. The molecule has 88 valence electrons. The van der Waals surface area contributed by atoms with Crippen molar-refractivity contribution < 1.29 is 0 Å². The predicted molar refractivity (Wildman–Crippen MR) is 69.3 cm³/mol. The molecule has 0 aliphatic heterocycles. The number of hydrogen-bond acceptors (Lipinski definition) is 3. The van der Waals surface area contributed by atoms with E-state index in [9.17, 15) is 0 Å². The van der Waals surface area contributed by atoms with Crippen molar-refractivity contribution in [1.82, 2.24) is 10.4 Å². The van der Waals surface area contributed by atoms with Gasteiger partial charge in [0, 0.05) is 11.9 Å². The summed E-state index contributed by atoms with van der Waals surface area (Å²) in [6.45, 7) is 4.06. The summed E-state index contributed by atoms with van der Waals surface area (Å²) in [5.74, 6) is 5.67. The summed E-state index contributed by atoms with van der Waals surface area (Å²) in [6.07, 6.45) is 1.87. The fourth-order valence-corrected chi connectivity index (χ4v) is 1.93. The minimum Gasteiger partial charge on any atom is -0.271 e. The number of nitrogens with one attached hydrogen (secondary N) is 1. The highest BCUT2D eigenvalue weighted by atomic mass is 15.2. The number of aryl methyl sites for hydroxylation is 2. The van der Waals surface area contributed by atoms with E-state index in [4.69, 9.17) is 5.84 Å². The molecule has 1 aromatic heterocycles. The average molecular weight is 227 g/mol. The SMILES string of the molecule is Cc1ccc(C(NN)c2ccccc2C)cn1. The number of rotatable bonds is 3. The molecule has 0 fully saturated rings. The molecule has 3 nitrogen and oxygen atoms in total. The fourth-order valence-electron chi connectivity index (χ4n) is 1.93. The summed E-state index contributed by atoms with van der Waals surface area (Å²) in [5.41, 5.74) is 7.34. The van der Waals surface area contributed by atoms with Crippen LogP contribution in [-0.4, -0.2) is 4.98 Å². The summed E-state index contributed by atoms with van der Waals surface area (Å²) in [5, 5.41) is 0. The third-order valence-corrected chi connectivity index (χ3v) is 2.93. The van der Waals surface area contributed by atoms with Gasteiger partial charge in [0.2, 0.25) is 0 Å². The maximum atomic E-state index is 5.67. The quantitative estimate of drug-likeness (QED) is 0.624. The van der Waals surface area contributed by atoms with Gasteiger partial charge in [0.05, 0.1) is 6.04 Å². The van der Waals surface area contributed by atoms with Crippen molar-refractivity contribution in [2.75, 3.05) is 0 Å². The average Bonchev–Trinajstić information content (AvgIpc) is 2.35. The molecule has 2 rings (SSSR count). The number of hydrazine groups is 1. The second kappa shape index (κ2) is 5.08. The van der Waals surface area contributed by atoms with Gasteiger partial charge in [-0.1, -0.05) is 30.3 Å². The second-order valence-electron chi connectivity index (χ2n) is 4.19. The maximum Gasteiger partial charge on any atom is 0.0727 e. The van der Waals surface area contributed by atoms with Gasteiger partial charge in [0.1, 0.15) is 0 Å². The van der Waals surface area contributed by atoms with Crippen molar-refractivity contribution >= 4 is 0 Å². The first-order valence-electron chi connectivity index (χ1n) is 5.66. The van der Waals surface area contributed by atoms with Gasteiger partial charge in [-0.2, -0.15) is 0 Å². The summed E-state index contributed by atoms with van der Waals surface area (Å²) in [6, 6.07) is 12.3. The molecule has 0 spiro atoms. The Balaban J connectivity index is 2.40. The zero-order valence-electron chi connectivity index (χ0n) is 10.1. The molecule has 1 atom stereocenters. The van der Waals surface area contributed by atoms with E-state index in [0.717, 1.165) is 11.3 Å². The summed E-state index contributed by atoms with van der Waals surface area (Å²) in [4.78, 5) is 4.31. The van der Waals surface area contributed by atoms with Gasteiger partial charge in [0.25, 0.3) is 0 Å². The Morgan fingerprint density at radius 1 is 1.12 bits per heavy atom. The van der Waals surface area contributed by atoms with E-state index in [1.54, 1.807) is 0 Å². The van der Waals surface area contributed by atoms with Crippen molar-refractivity contribution in [3.8, 4) is 0 Å². The van der Waals surface area contributed by atoms with Crippen LogP contribution in [0.3, 0.4) is 0 Å².